The van der Waals surface area contributed by atoms with E-state index in [1.807, 2.05) is 13.0 Å². The van der Waals surface area contributed by atoms with Crippen LogP contribution in [0.3, 0.4) is 0 Å². The zero-order valence-electron chi connectivity index (χ0n) is 14.2. The molecule has 3 N–H and O–H groups in total. The van der Waals surface area contributed by atoms with E-state index >= 15 is 0 Å². The molecule has 1 atom stereocenters. The van der Waals surface area contributed by atoms with Gasteiger partial charge in [0.2, 0.25) is 5.91 Å². The van der Waals surface area contributed by atoms with Gasteiger partial charge in [-0.1, -0.05) is 37.3 Å². The molecule has 0 saturated heterocycles. The van der Waals surface area contributed by atoms with Crippen molar-refractivity contribution in [3.05, 3.63) is 63.3 Å². The number of aromatic nitrogens is 2. The number of amides is 1. The summed E-state index contributed by atoms with van der Waals surface area (Å²) in [6.07, 6.45) is 0.205. The van der Waals surface area contributed by atoms with Crippen molar-refractivity contribution in [3.8, 4) is 0 Å². The molecule has 132 valence electrons. The minimum atomic E-state index is -1.02. The first-order valence-electron chi connectivity index (χ1n) is 8.05. The van der Waals surface area contributed by atoms with Crippen molar-refractivity contribution in [3.63, 3.8) is 0 Å². The number of carboxylic acid groups (broad SMARTS) is 1. The smallest absolute Gasteiger partial charge is 0.305 e. The molecular weight excluding hydrogens is 322 g/mol. The number of hydrogen-bond acceptors (Lipinski definition) is 4. The summed E-state index contributed by atoms with van der Waals surface area (Å²) in [5.74, 6) is -0.869. The number of benzene rings is 1. The first-order valence-corrected chi connectivity index (χ1v) is 8.05. The molecule has 7 heteroatoms. The summed E-state index contributed by atoms with van der Waals surface area (Å²) in [6, 6.07) is 8.21. The molecule has 0 saturated carbocycles. The molecule has 1 unspecified atom stereocenters. The summed E-state index contributed by atoms with van der Waals surface area (Å²) < 4.78 is 0. The maximum Gasteiger partial charge on any atom is 0.305 e. The average molecular weight is 343 g/mol. The predicted molar refractivity (Wildman–Crippen MR) is 92.3 cm³/mol. The summed E-state index contributed by atoms with van der Waals surface area (Å²) >= 11 is 0. The van der Waals surface area contributed by atoms with Crippen molar-refractivity contribution in [2.45, 2.75) is 39.2 Å². The summed E-state index contributed by atoms with van der Waals surface area (Å²) in [5, 5.41) is 11.8. The number of rotatable bonds is 7. The quantitative estimate of drug-likeness (QED) is 0.705. The molecule has 1 heterocycles. The Morgan fingerprint density at radius 3 is 2.52 bits per heavy atom. The van der Waals surface area contributed by atoms with Crippen LogP contribution >= 0.6 is 0 Å². The molecule has 0 spiro atoms. The molecule has 2 rings (SSSR count). The number of aryl methyl sites for hydroxylation is 2. The molecule has 2 aromatic rings. The number of nitrogens with zero attached hydrogens (tertiary/aromatic N) is 1. The van der Waals surface area contributed by atoms with E-state index in [0.717, 1.165) is 0 Å². The second-order valence-corrected chi connectivity index (χ2v) is 5.74. The second kappa shape index (κ2) is 8.23. The molecule has 0 aliphatic carbocycles. The maximum absolute atomic E-state index is 12.4. The van der Waals surface area contributed by atoms with Gasteiger partial charge in [-0.3, -0.25) is 14.4 Å². The molecule has 1 amide bonds. The fourth-order valence-corrected chi connectivity index (χ4v) is 2.56. The topological polar surface area (TPSA) is 112 Å². The fourth-order valence-electron chi connectivity index (χ4n) is 2.56. The van der Waals surface area contributed by atoms with Crippen LogP contribution in [-0.2, 0) is 22.4 Å². The van der Waals surface area contributed by atoms with Gasteiger partial charge in [-0.25, -0.2) is 4.98 Å². The molecule has 0 bridgehead atoms. The molecular formula is C18H21N3O4. The zero-order valence-corrected chi connectivity index (χ0v) is 14.2. The van der Waals surface area contributed by atoms with Crippen LogP contribution in [0.5, 0.6) is 0 Å². The van der Waals surface area contributed by atoms with Crippen molar-refractivity contribution >= 4 is 11.9 Å². The lowest BCUT2D eigenvalue weighted by Gasteiger charge is -2.17. The van der Waals surface area contributed by atoms with E-state index in [1.165, 1.54) is 0 Å². The van der Waals surface area contributed by atoms with Crippen molar-refractivity contribution in [1.29, 1.82) is 0 Å². The van der Waals surface area contributed by atoms with E-state index in [4.69, 9.17) is 5.11 Å². The Balaban J connectivity index is 2.17. The van der Waals surface area contributed by atoms with Gasteiger partial charge in [-0.05, 0) is 12.5 Å². The molecule has 1 aromatic carbocycles. The number of H-pyrrole nitrogens is 1. The van der Waals surface area contributed by atoms with E-state index in [9.17, 15) is 14.4 Å². The van der Waals surface area contributed by atoms with Gasteiger partial charge in [-0.15, -0.1) is 0 Å². The highest BCUT2D eigenvalue weighted by molar-refractivity contribution is 5.80. The summed E-state index contributed by atoms with van der Waals surface area (Å²) in [7, 11) is 0. The number of nitrogens with one attached hydrogen (secondary N) is 2. The lowest BCUT2D eigenvalue weighted by atomic mass is 10.0. The van der Waals surface area contributed by atoms with Gasteiger partial charge in [0.25, 0.3) is 5.56 Å². The zero-order chi connectivity index (χ0) is 18.4. The highest BCUT2D eigenvalue weighted by Gasteiger charge is 2.19. The van der Waals surface area contributed by atoms with E-state index in [-0.39, 0.29) is 24.0 Å². The number of aromatic amines is 1. The first-order chi connectivity index (χ1) is 11.9. The van der Waals surface area contributed by atoms with Crippen molar-refractivity contribution in [2.24, 2.45) is 0 Å². The van der Waals surface area contributed by atoms with Gasteiger partial charge < -0.3 is 15.4 Å². The standard InChI is InChI=1S/C18H21N3O4/c1-3-15-19-11(2)13(18(25)21-15)9-16(22)20-14(10-17(23)24)12-7-5-4-6-8-12/h4-8,14H,3,9-10H2,1-2H3,(H,20,22)(H,23,24)(H,19,21,25). The van der Waals surface area contributed by atoms with Crippen LogP contribution in [0.15, 0.2) is 35.1 Å². The molecule has 0 fully saturated rings. The molecule has 7 nitrogen and oxygen atoms in total. The highest BCUT2D eigenvalue weighted by Crippen LogP contribution is 2.16. The van der Waals surface area contributed by atoms with Gasteiger partial charge >= 0.3 is 5.97 Å². The highest BCUT2D eigenvalue weighted by atomic mass is 16.4. The van der Waals surface area contributed by atoms with Crippen LogP contribution in [0.4, 0.5) is 0 Å². The minimum absolute atomic E-state index is 0.152. The van der Waals surface area contributed by atoms with Crippen LogP contribution in [0.1, 0.15) is 42.0 Å². The molecule has 25 heavy (non-hydrogen) atoms. The van der Waals surface area contributed by atoms with Crippen LogP contribution in [0.2, 0.25) is 0 Å². The normalized spacial score (nSPS) is 11.8. The third-order valence-electron chi connectivity index (χ3n) is 3.86. The fraction of sp³-hybridized carbons (Fsp3) is 0.333. The SMILES string of the molecule is CCc1nc(C)c(CC(=O)NC(CC(=O)O)c2ccccc2)c(=O)[nH]1. The summed E-state index contributed by atoms with van der Waals surface area (Å²) in [6.45, 7) is 3.56. The Kier molecular flexibility index (Phi) is 6.05. The largest absolute Gasteiger partial charge is 0.481 e. The predicted octanol–water partition coefficient (Wildman–Crippen LogP) is 1.52. The third kappa shape index (κ3) is 5.00. The van der Waals surface area contributed by atoms with Crippen molar-refractivity contribution in [1.82, 2.24) is 15.3 Å². The maximum atomic E-state index is 12.4. The molecule has 0 radical (unpaired) electrons. The molecule has 0 aliphatic heterocycles. The lowest BCUT2D eigenvalue weighted by molar-refractivity contribution is -0.137. The van der Waals surface area contributed by atoms with Gasteiger partial charge in [0.15, 0.2) is 0 Å². The Morgan fingerprint density at radius 2 is 1.96 bits per heavy atom. The number of carbonyl (C=O) groups is 2. The second-order valence-electron chi connectivity index (χ2n) is 5.74. The lowest BCUT2D eigenvalue weighted by Crippen LogP contribution is -2.33. The van der Waals surface area contributed by atoms with Crippen molar-refractivity contribution < 1.29 is 14.7 Å². The Hall–Kier alpha value is -2.96. The molecule has 1 aromatic heterocycles. The first kappa shape index (κ1) is 18.4. The summed E-state index contributed by atoms with van der Waals surface area (Å²) in [5.41, 5.74) is 1.15. The van der Waals surface area contributed by atoms with Gasteiger partial charge in [0.05, 0.1) is 18.9 Å². The van der Waals surface area contributed by atoms with Crippen LogP contribution < -0.4 is 10.9 Å². The van der Waals surface area contributed by atoms with Crippen LogP contribution in [0, 0.1) is 6.92 Å². The molecule has 0 aliphatic rings. The van der Waals surface area contributed by atoms with Crippen LogP contribution in [0.25, 0.3) is 0 Å². The van der Waals surface area contributed by atoms with E-state index in [2.05, 4.69) is 15.3 Å². The van der Waals surface area contributed by atoms with E-state index < -0.39 is 17.9 Å². The summed E-state index contributed by atoms with van der Waals surface area (Å²) in [4.78, 5) is 42.5. The number of aliphatic carboxylic acids is 1. The van der Waals surface area contributed by atoms with Gasteiger partial charge in [0, 0.05) is 17.7 Å². The van der Waals surface area contributed by atoms with Gasteiger partial charge in [0.1, 0.15) is 5.82 Å². The van der Waals surface area contributed by atoms with E-state index in [0.29, 0.717) is 23.5 Å². The Bertz CT molecular complexity index is 815. The Labute approximate surface area is 145 Å². The minimum Gasteiger partial charge on any atom is -0.481 e. The van der Waals surface area contributed by atoms with Gasteiger partial charge in [-0.2, -0.15) is 0 Å². The van der Waals surface area contributed by atoms with Crippen LogP contribution in [-0.4, -0.2) is 27.0 Å². The number of carbonyl (C=O) groups excluding carboxylic acids is 1. The van der Waals surface area contributed by atoms with Crippen molar-refractivity contribution in [2.75, 3.05) is 0 Å². The monoisotopic (exact) mass is 343 g/mol. The third-order valence-corrected chi connectivity index (χ3v) is 3.86. The van der Waals surface area contributed by atoms with E-state index in [1.54, 1.807) is 31.2 Å². The number of carboxylic acids is 1. The number of hydrogen-bond donors (Lipinski definition) is 3. The average Bonchev–Trinajstić information content (AvgIpc) is 2.57. The Morgan fingerprint density at radius 1 is 1.28 bits per heavy atom.